The van der Waals surface area contributed by atoms with Gasteiger partial charge >= 0.3 is 0 Å². The van der Waals surface area contributed by atoms with Gasteiger partial charge < -0.3 is 0 Å². The molecule has 0 aliphatic heterocycles. The predicted octanol–water partition coefficient (Wildman–Crippen LogP) is 5.22. The second-order valence-electron chi connectivity index (χ2n) is 7.04. The van der Waals surface area contributed by atoms with Crippen LogP contribution in [0.3, 0.4) is 0 Å². The Kier molecular flexibility index (Phi) is 6.29. The molecular formula is C23H21F2N5S. The number of rotatable bonds is 7. The topological polar surface area (TPSA) is 38.9 Å². The van der Waals surface area contributed by atoms with E-state index in [0.29, 0.717) is 23.8 Å². The molecule has 0 aliphatic carbocycles. The summed E-state index contributed by atoms with van der Waals surface area (Å²) < 4.78 is 31.7. The van der Waals surface area contributed by atoms with Gasteiger partial charge in [-0.2, -0.15) is 0 Å². The predicted molar refractivity (Wildman–Crippen MR) is 118 cm³/mol. The van der Waals surface area contributed by atoms with Crippen molar-refractivity contribution in [3.63, 3.8) is 0 Å². The van der Waals surface area contributed by atoms with E-state index in [1.807, 2.05) is 42.5 Å². The lowest BCUT2D eigenvalue weighted by Crippen LogP contribution is -2.26. The Labute approximate surface area is 184 Å². The molecule has 5 nitrogen and oxygen atoms in total. The number of pyridine rings is 1. The molecule has 0 N–H and O–H groups in total. The maximum absolute atomic E-state index is 14.7. The fourth-order valence-electron chi connectivity index (χ4n) is 3.35. The Morgan fingerprint density at radius 1 is 1.00 bits per heavy atom. The van der Waals surface area contributed by atoms with Crippen molar-refractivity contribution in [2.75, 3.05) is 6.54 Å². The summed E-state index contributed by atoms with van der Waals surface area (Å²) in [6.07, 6.45) is 3.52. The van der Waals surface area contributed by atoms with Gasteiger partial charge in [-0.1, -0.05) is 37.3 Å². The van der Waals surface area contributed by atoms with Crippen LogP contribution in [-0.4, -0.2) is 30.8 Å². The van der Waals surface area contributed by atoms with Crippen molar-refractivity contribution in [1.82, 2.24) is 24.2 Å². The molecule has 4 rings (SSSR count). The molecule has 0 spiro atoms. The largest absolute Gasteiger partial charge is 0.280 e. The second kappa shape index (κ2) is 9.28. The molecule has 4 aromatic rings. The van der Waals surface area contributed by atoms with Crippen LogP contribution in [0.1, 0.15) is 12.5 Å². The third-order valence-corrected chi connectivity index (χ3v) is 5.35. The highest BCUT2D eigenvalue weighted by Gasteiger charge is 2.18. The van der Waals surface area contributed by atoms with Crippen molar-refractivity contribution in [3.05, 3.63) is 95.0 Å². The van der Waals surface area contributed by atoms with Gasteiger partial charge in [-0.05, 0) is 48.6 Å². The molecule has 2 aromatic carbocycles. The molecule has 0 saturated heterocycles. The van der Waals surface area contributed by atoms with Gasteiger partial charge in [0.15, 0.2) is 5.82 Å². The first-order chi connectivity index (χ1) is 15.1. The van der Waals surface area contributed by atoms with E-state index in [2.05, 4.69) is 16.8 Å². The SMILES string of the molecule is CCN(Cc1ccncc1)Cn1nc(-c2ccccc2)n(-c2ccc(F)cc2F)c1=S. The van der Waals surface area contributed by atoms with Gasteiger partial charge in [-0.15, -0.1) is 5.10 Å². The number of benzene rings is 2. The summed E-state index contributed by atoms with van der Waals surface area (Å²) in [5.74, 6) is -0.844. The van der Waals surface area contributed by atoms with Gasteiger partial charge in [-0.25, -0.2) is 13.5 Å². The molecule has 158 valence electrons. The van der Waals surface area contributed by atoms with Gasteiger partial charge in [0.1, 0.15) is 11.6 Å². The normalized spacial score (nSPS) is 11.2. The van der Waals surface area contributed by atoms with Crippen molar-refractivity contribution in [2.24, 2.45) is 0 Å². The minimum absolute atomic E-state index is 0.161. The third kappa shape index (κ3) is 4.60. The standard InChI is InChI=1S/C23H21F2N5S/c1-2-28(15-17-10-12-26-13-11-17)16-29-23(31)30(21-9-8-19(24)14-20(21)25)22(27-29)18-6-4-3-5-7-18/h3-14H,2,15-16H2,1H3. The third-order valence-electron chi connectivity index (χ3n) is 4.96. The number of nitrogens with zero attached hydrogens (tertiary/aromatic N) is 5. The van der Waals surface area contributed by atoms with Crippen LogP contribution in [0.4, 0.5) is 8.78 Å². The molecule has 0 fully saturated rings. The van der Waals surface area contributed by atoms with Crippen LogP contribution in [0.5, 0.6) is 0 Å². The summed E-state index contributed by atoms with van der Waals surface area (Å²) in [5, 5.41) is 4.71. The van der Waals surface area contributed by atoms with E-state index in [1.165, 1.54) is 12.1 Å². The number of hydrogen-bond donors (Lipinski definition) is 0. The number of halogens is 2. The first kappa shape index (κ1) is 21.0. The van der Waals surface area contributed by atoms with Crippen LogP contribution >= 0.6 is 12.2 Å². The lowest BCUT2D eigenvalue weighted by atomic mass is 10.2. The zero-order chi connectivity index (χ0) is 21.8. The average molecular weight is 438 g/mol. The second-order valence-corrected chi connectivity index (χ2v) is 7.41. The number of aromatic nitrogens is 4. The summed E-state index contributed by atoms with van der Waals surface area (Å²) in [7, 11) is 0. The van der Waals surface area contributed by atoms with E-state index in [-0.39, 0.29) is 5.69 Å². The summed E-state index contributed by atoms with van der Waals surface area (Å²) in [6, 6.07) is 16.8. The molecule has 0 saturated carbocycles. The van der Waals surface area contributed by atoms with E-state index >= 15 is 0 Å². The molecule has 0 amide bonds. The van der Waals surface area contributed by atoms with E-state index in [4.69, 9.17) is 17.3 Å². The van der Waals surface area contributed by atoms with Gasteiger partial charge in [0.05, 0.1) is 12.4 Å². The van der Waals surface area contributed by atoms with E-state index in [0.717, 1.165) is 23.7 Å². The van der Waals surface area contributed by atoms with Gasteiger partial charge in [-0.3, -0.25) is 14.5 Å². The minimum Gasteiger partial charge on any atom is -0.280 e. The highest BCUT2D eigenvalue weighted by molar-refractivity contribution is 7.71. The van der Waals surface area contributed by atoms with Gasteiger partial charge in [0.2, 0.25) is 4.77 Å². The van der Waals surface area contributed by atoms with Crippen LogP contribution in [0.15, 0.2) is 73.1 Å². The maximum Gasteiger partial charge on any atom is 0.204 e. The Balaban J connectivity index is 1.77. The van der Waals surface area contributed by atoms with Crippen LogP contribution in [0.2, 0.25) is 0 Å². The summed E-state index contributed by atoms with van der Waals surface area (Å²) in [6.45, 7) is 3.94. The van der Waals surface area contributed by atoms with E-state index in [1.54, 1.807) is 21.6 Å². The van der Waals surface area contributed by atoms with Crippen molar-refractivity contribution >= 4 is 12.2 Å². The minimum atomic E-state index is -0.697. The molecule has 8 heteroatoms. The van der Waals surface area contributed by atoms with Crippen LogP contribution in [0.25, 0.3) is 17.1 Å². The Morgan fingerprint density at radius 3 is 2.42 bits per heavy atom. The van der Waals surface area contributed by atoms with Crippen LogP contribution in [0, 0.1) is 16.4 Å². The van der Waals surface area contributed by atoms with E-state index < -0.39 is 11.6 Å². The monoisotopic (exact) mass is 437 g/mol. The smallest absolute Gasteiger partial charge is 0.204 e. The first-order valence-corrected chi connectivity index (χ1v) is 10.3. The number of hydrogen-bond acceptors (Lipinski definition) is 4. The molecule has 2 heterocycles. The summed E-state index contributed by atoms with van der Waals surface area (Å²) in [4.78, 5) is 6.22. The highest BCUT2D eigenvalue weighted by atomic mass is 32.1. The molecule has 0 aliphatic rings. The fraction of sp³-hybridized carbons (Fsp3) is 0.174. The molecule has 0 atom stereocenters. The van der Waals surface area contributed by atoms with Crippen LogP contribution in [-0.2, 0) is 13.2 Å². The zero-order valence-electron chi connectivity index (χ0n) is 16.9. The Bertz CT molecular complexity index is 1220. The highest BCUT2D eigenvalue weighted by Crippen LogP contribution is 2.25. The zero-order valence-corrected chi connectivity index (χ0v) is 17.8. The maximum atomic E-state index is 14.7. The summed E-state index contributed by atoms with van der Waals surface area (Å²) in [5.41, 5.74) is 2.07. The lowest BCUT2D eigenvalue weighted by molar-refractivity contribution is 0.207. The average Bonchev–Trinajstić information content (AvgIpc) is 3.10. The van der Waals surface area contributed by atoms with Crippen molar-refractivity contribution in [2.45, 2.75) is 20.1 Å². The van der Waals surface area contributed by atoms with Gasteiger partial charge in [0, 0.05) is 30.6 Å². The Morgan fingerprint density at radius 2 is 1.74 bits per heavy atom. The van der Waals surface area contributed by atoms with Crippen molar-refractivity contribution < 1.29 is 8.78 Å². The van der Waals surface area contributed by atoms with E-state index in [9.17, 15) is 8.78 Å². The molecule has 0 bridgehead atoms. The quantitative estimate of drug-likeness (QED) is 0.372. The molecule has 0 radical (unpaired) electrons. The van der Waals surface area contributed by atoms with Gasteiger partial charge in [0.25, 0.3) is 0 Å². The van der Waals surface area contributed by atoms with Crippen molar-refractivity contribution in [3.8, 4) is 17.1 Å². The first-order valence-electron chi connectivity index (χ1n) is 9.88. The fourth-order valence-corrected chi connectivity index (χ4v) is 3.63. The van der Waals surface area contributed by atoms with Crippen LogP contribution < -0.4 is 0 Å². The molecule has 2 aromatic heterocycles. The summed E-state index contributed by atoms with van der Waals surface area (Å²) >= 11 is 5.68. The lowest BCUT2D eigenvalue weighted by Gasteiger charge is -2.20. The molecule has 0 unspecified atom stereocenters. The van der Waals surface area contributed by atoms with Crippen molar-refractivity contribution in [1.29, 1.82) is 0 Å². The molecular weight excluding hydrogens is 416 g/mol. The molecule has 31 heavy (non-hydrogen) atoms. The Hall–Kier alpha value is -3.23.